The molecule has 0 spiro atoms. The highest BCUT2D eigenvalue weighted by Gasteiger charge is 2.20. The molecule has 0 aliphatic heterocycles. The van der Waals surface area contributed by atoms with Crippen LogP contribution in [0.5, 0.6) is 0 Å². The Kier molecular flexibility index (Phi) is 6.90. The summed E-state index contributed by atoms with van der Waals surface area (Å²) in [5.41, 5.74) is 11.5. The van der Waals surface area contributed by atoms with Crippen LogP contribution in [0.1, 0.15) is 30.5 Å². The lowest BCUT2D eigenvalue weighted by molar-refractivity contribution is 1.18. The molecule has 3 heteroatoms. The lowest BCUT2D eigenvalue weighted by atomic mass is 10.0. The van der Waals surface area contributed by atoms with Gasteiger partial charge in [-0.25, -0.2) is 0 Å². The predicted octanol–water partition coefficient (Wildman–Crippen LogP) is 15.3. The fraction of sp³-hybridized carbons (Fsp3) is 0.0741. The number of hydrogen-bond acceptors (Lipinski definition) is 2. The van der Waals surface area contributed by atoms with Gasteiger partial charge in [0.15, 0.2) is 0 Å². The van der Waals surface area contributed by atoms with Crippen LogP contribution in [0.2, 0.25) is 0 Å². The number of benzene rings is 9. The lowest BCUT2D eigenvalue weighted by Crippen LogP contribution is -2.10. The minimum Gasteiger partial charge on any atom is -0.310 e. The van der Waals surface area contributed by atoms with Crippen LogP contribution in [0.3, 0.4) is 0 Å². The molecule has 57 heavy (non-hydrogen) atoms. The molecule has 10 rings (SSSR count). The van der Waals surface area contributed by atoms with E-state index in [0.29, 0.717) is 11.1 Å². The molecule has 0 amide bonds. The fourth-order valence-corrected chi connectivity index (χ4v) is 8.11. The van der Waals surface area contributed by atoms with Crippen LogP contribution in [0.15, 0.2) is 188 Å². The van der Waals surface area contributed by atoms with Crippen LogP contribution >= 0.6 is 0 Å². The summed E-state index contributed by atoms with van der Waals surface area (Å²) >= 11 is 0. The van der Waals surface area contributed by atoms with Gasteiger partial charge < -0.3 is 14.4 Å². The van der Waals surface area contributed by atoms with E-state index in [2.05, 4.69) is 168 Å². The summed E-state index contributed by atoms with van der Waals surface area (Å²) in [4.78, 5) is 4.35. The zero-order chi connectivity index (χ0) is 43.6. The van der Waals surface area contributed by atoms with Crippen molar-refractivity contribution in [2.75, 3.05) is 9.80 Å². The van der Waals surface area contributed by atoms with E-state index in [1.54, 1.807) is 24.3 Å². The highest BCUT2D eigenvalue weighted by molar-refractivity contribution is 6.15. The third kappa shape index (κ3) is 6.28. The molecule has 1 aromatic heterocycles. The third-order valence-electron chi connectivity index (χ3n) is 11.0. The number of anilines is 6. The van der Waals surface area contributed by atoms with Crippen molar-refractivity contribution in [2.24, 2.45) is 0 Å². The Morgan fingerprint density at radius 2 is 0.807 bits per heavy atom. The van der Waals surface area contributed by atoms with E-state index in [-0.39, 0.29) is 0 Å². The first-order chi connectivity index (χ1) is 30.3. The van der Waals surface area contributed by atoms with Crippen molar-refractivity contribution in [3.8, 4) is 5.69 Å². The smallest absolute Gasteiger partial charge is 0.0561 e. The predicted molar refractivity (Wildman–Crippen MR) is 244 cm³/mol. The Hall–Kier alpha value is -7.10. The molecule has 0 fully saturated rings. The van der Waals surface area contributed by atoms with Gasteiger partial charge in [-0.2, -0.15) is 0 Å². The van der Waals surface area contributed by atoms with Gasteiger partial charge in [0.1, 0.15) is 0 Å². The van der Waals surface area contributed by atoms with E-state index in [1.807, 2.05) is 24.3 Å². The molecule has 3 nitrogen and oxygen atoms in total. The molecule has 274 valence electrons. The molecular formula is C54H43N3. The summed E-state index contributed by atoms with van der Waals surface area (Å²) in [6, 6.07) is 63.7. The van der Waals surface area contributed by atoms with Crippen LogP contribution < -0.4 is 9.80 Å². The molecule has 0 saturated heterocycles. The van der Waals surface area contributed by atoms with Crippen LogP contribution in [0.4, 0.5) is 34.1 Å². The molecule has 0 aliphatic rings. The third-order valence-corrected chi connectivity index (χ3v) is 11.0. The number of aromatic nitrogens is 1. The Morgan fingerprint density at radius 1 is 0.351 bits per heavy atom. The second kappa shape index (κ2) is 13.9. The maximum absolute atomic E-state index is 8.00. The van der Waals surface area contributed by atoms with Crippen LogP contribution in [0.25, 0.3) is 49.0 Å². The van der Waals surface area contributed by atoms with Crippen molar-refractivity contribution in [1.29, 1.82) is 0 Å². The molecular weight excluding hydrogens is 691 g/mol. The summed E-state index contributed by atoms with van der Waals surface area (Å²) in [5.74, 6) is 0. The number of hydrogen-bond donors (Lipinski definition) is 0. The summed E-state index contributed by atoms with van der Waals surface area (Å²) in [7, 11) is 0. The molecule has 0 saturated carbocycles. The average molecular weight is 740 g/mol. The van der Waals surface area contributed by atoms with Crippen LogP contribution in [-0.4, -0.2) is 4.57 Å². The molecule has 0 radical (unpaired) electrons. The maximum atomic E-state index is 8.00. The van der Waals surface area contributed by atoms with Gasteiger partial charge in [-0.05, 0) is 146 Å². The Morgan fingerprint density at radius 3 is 1.39 bits per heavy atom. The van der Waals surface area contributed by atoms with Gasteiger partial charge in [0.25, 0.3) is 0 Å². The SMILES string of the molecule is [2H]C([2H])([2H])c1ccc(N(c2ccc(C)cc2)c2ccc3cc4c5ccc(N(c6ccc(C)cc6)c6ccc(C([2H])([2H])[2H])cc6)cc5n(-c5ccc6ccccc6c5)c4cc3c2)cc1. The van der Waals surface area contributed by atoms with Gasteiger partial charge >= 0.3 is 0 Å². The zero-order valence-corrected chi connectivity index (χ0v) is 31.7. The van der Waals surface area contributed by atoms with Gasteiger partial charge in [-0.3, -0.25) is 0 Å². The van der Waals surface area contributed by atoms with Crippen molar-refractivity contribution in [2.45, 2.75) is 27.6 Å². The normalized spacial score (nSPS) is 13.5. The van der Waals surface area contributed by atoms with E-state index in [0.717, 1.165) is 94.3 Å². The summed E-state index contributed by atoms with van der Waals surface area (Å²) < 4.78 is 50.2. The molecule has 1 heterocycles. The zero-order valence-electron chi connectivity index (χ0n) is 37.7. The molecule has 0 atom stereocenters. The first-order valence-corrected chi connectivity index (χ1v) is 19.2. The lowest BCUT2D eigenvalue weighted by Gasteiger charge is -2.26. The van der Waals surface area contributed by atoms with Crippen molar-refractivity contribution in [3.63, 3.8) is 0 Å². The van der Waals surface area contributed by atoms with Gasteiger partial charge in [0.05, 0.1) is 11.0 Å². The maximum Gasteiger partial charge on any atom is 0.0561 e. The van der Waals surface area contributed by atoms with E-state index < -0.39 is 13.7 Å². The van der Waals surface area contributed by atoms with E-state index >= 15 is 0 Å². The number of rotatable bonds is 7. The van der Waals surface area contributed by atoms with Crippen LogP contribution in [-0.2, 0) is 0 Å². The second-order valence-electron chi connectivity index (χ2n) is 14.9. The minimum atomic E-state index is -2.21. The van der Waals surface area contributed by atoms with E-state index in [4.69, 9.17) is 8.22 Å². The molecule has 0 N–H and O–H groups in total. The summed E-state index contributed by atoms with van der Waals surface area (Å²) in [5, 5.41) is 6.65. The number of fused-ring (bicyclic) bond motifs is 5. The van der Waals surface area contributed by atoms with Gasteiger partial charge in [0, 0.05) is 58.8 Å². The molecule has 0 bridgehead atoms. The highest BCUT2D eigenvalue weighted by atomic mass is 15.1. The molecule has 9 aromatic carbocycles. The van der Waals surface area contributed by atoms with Crippen molar-refractivity contribution >= 4 is 77.5 Å². The highest BCUT2D eigenvalue weighted by Crippen LogP contribution is 2.42. The summed E-state index contributed by atoms with van der Waals surface area (Å²) in [6.45, 7) is -0.266. The monoisotopic (exact) mass is 739 g/mol. The van der Waals surface area contributed by atoms with E-state index in [1.165, 1.54) is 0 Å². The first-order valence-electron chi connectivity index (χ1n) is 22.2. The quantitative estimate of drug-likeness (QED) is 0.161. The average Bonchev–Trinajstić information content (AvgIpc) is 3.59. The fourth-order valence-electron chi connectivity index (χ4n) is 8.11. The van der Waals surface area contributed by atoms with Gasteiger partial charge in [-0.15, -0.1) is 0 Å². The molecule has 10 aromatic rings. The Bertz CT molecular complexity index is 3310. The van der Waals surface area contributed by atoms with Gasteiger partial charge in [-0.1, -0.05) is 113 Å². The Balaban J connectivity index is 1.19. The van der Waals surface area contributed by atoms with Gasteiger partial charge in [0.2, 0.25) is 0 Å². The Labute approximate surface area is 342 Å². The first kappa shape index (κ1) is 28.3. The standard InChI is InChI=1S/C54H43N3/c1-36-9-19-44(20-10-36)55(45-21-11-37(2)12-22-45)48-28-18-42-33-52-51-30-29-50(56(46-23-13-38(3)14-24-46)47-25-15-39(4)16-26-47)35-54(51)57(53(52)34-43(42)32-48)49-27-17-40-7-5-6-8-41(40)31-49/h5-35H,1-4H3/i1D3,3D3. The van der Waals surface area contributed by atoms with E-state index in [9.17, 15) is 0 Å². The van der Waals surface area contributed by atoms with Crippen LogP contribution in [0, 0.1) is 27.6 Å². The van der Waals surface area contributed by atoms with Crippen molar-refractivity contribution in [1.82, 2.24) is 4.57 Å². The number of nitrogens with zero attached hydrogens (tertiary/aromatic N) is 3. The topological polar surface area (TPSA) is 11.4 Å². The largest absolute Gasteiger partial charge is 0.310 e. The van der Waals surface area contributed by atoms with Crippen molar-refractivity contribution in [3.05, 3.63) is 210 Å². The second-order valence-corrected chi connectivity index (χ2v) is 14.9. The number of aryl methyl sites for hydroxylation is 4. The molecule has 0 unspecified atom stereocenters. The molecule has 0 aliphatic carbocycles. The minimum absolute atomic E-state index is 0.297. The summed E-state index contributed by atoms with van der Waals surface area (Å²) in [6.07, 6.45) is 0. The van der Waals surface area contributed by atoms with Crippen molar-refractivity contribution < 1.29 is 8.22 Å².